The standard InChI is InChI=1S/C27H27N3O2S/c1-2-32-23-9-6-10-24-25(23)28-27(33-24)30-17-15-29(16-18-30)26(31)22-13-11-21(12-14-22)19-20-7-4-3-5-8-20/h3-14H,2,15-19H2,1H3. The Morgan fingerprint density at radius 1 is 0.909 bits per heavy atom. The number of benzene rings is 3. The second-order valence-corrected chi connectivity index (χ2v) is 9.18. The van der Waals surface area contributed by atoms with Crippen molar-refractivity contribution in [1.29, 1.82) is 0 Å². The van der Waals surface area contributed by atoms with Crippen molar-refractivity contribution in [1.82, 2.24) is 9.88 Å². The van der Waals surface area contributed by atoms with E-state index < -0.39 is 0 Å². The third kappa shape index (κ3) is 4.71. The highest BCUT2D eigenvalue weighted by molar-refractivity contribution is 7.22. The predicted molar refractivity (Wildman–Crippen MR) is 135 cm³/mol. The lowest BCUT2D eigenvalue weighted by Gasteiger charge is -2.34. The van der Waals surface area contributed by atoms with Gasteiger partial charge in [0.15, 0.2) is 5.13 Å². The molecule has 5 nitrogen and oxygen atoms in total. The van der Waals surface area contributed by atoms with E-state index in [-0.39, 0.29) is 5.91 Å². The third-order valence-corrected chi connectivity index (χ3v) is 7.04. The second-order valence-electron chi connectivity index (χ2n) is 8.17. The van der Waals surface area contributed by atoms with Crippen LogP contribution in [0, 0.1) is 0 Å². The summed E-state index contributed by atoms with van der Waals surface area (Å²) in [4.78, 5) is 22.1. The van der Waals surface area contributed by atoms with Gasteiger partial charge in [0.1, 0.15) is 11.3 Å². The minimum Gasteiger partial charge on any atom is -0.492 e. The van der Waals surface area contributed by atoms with Crippen molar-refractivity contribution in [3.05, 3.63) is 89.5 Å². The van der Waals surface area contributed by atoms with E-state index in [1.165, 1.54) is 11.1 Å². The lowest BCUT2D eigenvalue weighted by molar-refractivity contribution is 0.0747. The molecule has 0 spiro atoms. The molecule has 6 heteroatoms. The molecule has 1 amide bonds. The first-order chi connectivity index (χ1) is 16.2. The summed E-state index contributed by atoms with van der Waals surface area (Å²) >= 11 is 1.68. The van der Waals surface area contributed by atoms with Crippen LogP contribution in [-0.4, -0.2) is 48.6 Å². The highest BCUT2D eigenvalue weighted by Gasteiger charge is 2.24. The summed E-state index contributed by atoms with van der Waals surface area (Å²) in [7, 11) is 0. The van der Waals surface area contributed by atoms with Gasteiger partial charge in [0.05, 0.1) is 11.3 Å². The quantitative estimate of drug-likeness (QED) is 0.397. The van der Waals surface area contributed by atoms with Crippen LogP contribution in [0.25, 0.3) is 10.2 Å². The Hall–Kier alpha value is -3.38. The lowest BCUT2D eigenvalue weighted by atomic mass is 10.0. The molecule has 3 aromatic carbocycles. The fourth-order valence-corrected chi connectivity index (χ4v) is 5.23. The van der Waals surface area contributed by atoms with Crippen molar-refractivity contribution in [3.8, 4) is 5.75 Å². The van der Waals surface area contributed by atoms with Crippen LogP contribution in [0.15, 0.2) is 72.8 Å². The third-order valence-electron chi connectivity index (χ3n) is 5.96. The molecule has 0 unspecified atom stereocenters. The summed E-state index contributed by atoms with van der Waals surface area (Å²) < 4.78 is 6.86. The Balaban J connectivity index is 1.21. The maximum absolute atomic E-state index is 13.0. The van der Waals surface area contributed by atoms with E-state index in [4.69, 9.17) is 9.72 Å². The van der Waals surface area contributed by atoms with Crippen LogP contribution < -0.4 is 9.64 Å². The van der Waals surface area contributed by atoms with Gasteiger partial charge in [-0.3, -0.25) is 4.79 Å². The number of carbonyl (C=O) groups is 1. The molecule has 168 valence electrons. The number of amides is 1. The van der Waals surface area contributed by atoms with Crippen molar-refractivity contribution >= 4 is 32.6 Å². The molecular weight excluding hydrogens is 430 g/mol. The Kier molecular flexibility index (Phi) is 6.26. The van der Waals surface area contributed by atoms with E-state index in [9.17, 15) is 4.79 Å². The molecule has 0 saturated carbocycles. The molecule has 5 rings (SSSR count). The highest BCUT2D eigenvalue weighted by atomic mass is 32.1. The molecule has 0 atom stereocenters. The van der Waals surface area contributed by atoms with Crippen molar-refractivity contribution < 1.29 is 9.53 Å². The number of fused-ring (bicyclic) bond motifs is 1. The lowest BCUT2D eigenvalue weighted by Crippen LogP contribution is -2.48. The number of piperazine rings is 1. The zero-order chi connectivity index (χ0) is 22.6. The molecule has 1 fully saturated rings. The first-order valence-corrected chi connectivity index (χ1v) is 12.2. The summed E-state index contributed by atoms with van der Waals surface area (Å²) in [5.74, 6) is 0.936. The molecule has 0 bridgehead atoms. The van der Waals surface area contributed by atoms with Crippen LogP contribution in [0.4, 0.5) is 5.13 Å². The van der Waals surface area contributed by atoms with E-state index in [0.29, 0.717) is 19.7 Å². The summed E-state index contributed by atoms with van der Waals surface area (Å²) in [6.07, 6.45) is 0.876. The van der Waals surface area contributed by atoms with Gasteiger partial charge in [-0.15, -0.1) is 0 Å². The maximum Gasteiger partial charge on any atom is 0.253 e. The second kappa shape index (κ2) is 9.63. The molecule has 0 radical (unpaired) electrons. The van der Waals surface area contributed by atoms with Crippen LogP contribution in [-0.2, 0) is 6.42 Å². The first-order valence-electron chi connectivity index (χ1n) is 11.4. The van der Waals surface area contributed by atoms with Gasteiger partial charge in [0.2, 0.25) is 0 Å². The summed E-state index contributed by atoms with van der Waals surface area (Å²) in [5.41, 5.74) is 4.16. The molecule has 33 heavy (non-hydrogen) atoms. The van der Waals surface area contributed by atoms with Gasteiger partial charge < -0.3 is 14.5 Å². The first kappa shape index (κ1) is 21.5. The number of hydrogen-bond acceptors (Lipinski definition) is 5. The van der Waals surface area contributed by atoms with Gasteiger partial charge in [0, 0.05) is 31.7 Å². The van der Waals surface area contributed by atoms with Gasteiger partial charge in [-0.1, -0.05) is 59.9 Å². The number of nitrogens with zero attached hydrogens (tertiary/aromatic N) is 3. The minimum atomic E-state index is 0.101. The number of anilines is 1. The SMILES string of the molecule is CCOc1cccc2sc(N3CCN(C(=O)c4ccc(Cc5ccccc5)cc4)CC3)nc12. The molecule has 0 N–H and O–H groups in total. The molecule has 0 aliphatic carbocycles. The van der Waals surface area contributed by atoms with Crippen LogP contribution in [0.3, 0.4) is 0 Å². The van der Waals surface area contributed by atoms with Crippen molar-refractivity contribution in [3.63, 3.8) is 0 Å². The number of ether oxygens (including phenoxy) is 1. The number of rotatable bonds is 6. The fourth-order valence-electron chi connectivity index (χ4n) is 4.20. The van der Waals surface area contributed by atoms with Crippen LogP contribution in [0.2, 0.25) is 0 Å². The maximum atomic E-state index is 13.0. The van der Waals surface area contributed by atoms with E-state index in [1.54, 1.807) is 11.3 Å². The topological polar surface area (TPSA) is 45.7 Å². The van der Waals surface area contributed by atoms with Gasteiger partial charge in [-0.05, 0) is 48.7 Å². The smallest absolute Gasteiger partial charge is 0.253 e. The van der Waals surface area contributed by atoms with Gasteiger partial charge in [-0.25, -0.2) is 4.98 Å². The van der Waals surface area contributed by atoms with Crippen LogP contribution in [0.5, 0.6) is 5.75 Å². The minimum absolute atomic E-state index is 0.101. The van der Waals surface area contributed by atoms with Crippen LogP contribution >= 0.6 is 11.3 Å². The van der Waals surface area contributed by atoms with E-state index in [2.05, 4.69) is 47.4 Å². The number of para-hydroxylation sites is 1. The predicted octanol–water partition coefficient (Wildman–Crippen LogP) is 5.25. The van der Waals surface area contributed by atoms with E-state index in [0.717, 1.165) is 46.2 Å². The monoisotopic (exact) mass is 457 g/mol. The zero-order valence-electron chi connectivity index (χ0n) is 18.7. The van der Waals surface area contributed by atoms with Gasteiger partial charge in [-0.2, -0.15) is 0 Å². The Labute approximate surface area is 198 Å². The Morgan fingerprint density at radius 2 is 1.64 bits per heavy atom. The van der Waals surface area contributed by atoms with Crippen molar-refractivity contribution in [2.24, 2.45) is 0 Å². The summed E-state index contributed by atoms with van der Waals surface area (Å²) in [6.45, 7) is 5.56. The number of carbonyl (C=O) groups excluding carboxylic acids is 1. The fraction of sp³-hybridized carbons (Fsp3) is 0.259. The number of aromatic nitrogens is 1. The zero-order valence-corrected chi connectivity index (χ0v) is 19.6. The largest absolute Gasteiger partial charge is 0.492 e. The number of hydrogen-bond donors (Lipinski definition) is 0. The van der Waals surface area contributed by atoms with E-state index in [1.807, 2.05) is 42.2 Å². The molecular formula is C27H27N3O2S. The van der Waals surface area contributed by atoms with Crippen molar-refractivity contribution in [2.75, 3.05) is 37.7 Å². The van der Waals surface area contributed by atoms with Crippen molar-refractivity contribution in [2.45, 2.75) is 13.3 Å². The molecule has 1 aromatic heterocycles. The highest BCUT2D eigenvalue weighted by Crippen LogP contribution is 2.34. The average Bonchev–Trinajstić information content (AvgIpc) is 3.31. The normalized spacial score (nSPS) is 14.0. The summed E-state index contributed by atoms with van der Waals surface area (Å²) in [5, 5.41) is 0.995. The molecule has 4 aromatic rings. The Morgan fingerprint density at radius 3 is 2.36 bits per heavy atom. The van der Waals surface area contributed by atoms with Crippen LogP contribution in [0.1, 0.15) is 28.4 Å². The molecule has 2 heterocycles. The summed E-state index contributed by atoms with van der Waals surface area (Å²) in [6, 6.07) is 24.5. The average molecular weight is 458 g/mol. The molecule has 1 saturated heterocycles. The molecule has 1 aliphatic heterocycles. The Bertz CT molecular complexity index is 1230. The molecule has 1 aliphatic rings. The van der Waals surface area contributed by atoms with E-state index >= 15 is 0 Å². The number of thiazole rings is 1. The van der Waals surface area contributed by atoms with Gasteiger partial charge in [0.25, 0.3) is 5.91 Å². The van der Waals surface area contributed by atoms with Gasteiger partial charge >= 0.3 is 0 Å².